The minimum atomic E-state index is -0.369. The lowest BCUT2D eigenvalue weighted by molar-refractivity contribution is -0.686. The maximum absolute atomic E-state index is 13.2. The van der Waals surface area contributed by atoms with Gasteiger partial charge in [-0.1, -0.05) is 17.7 Å². The molecule has 0 aliphatic rings. The van der Waals surface area contributed by atoms with Crippen molar-refractivity contribution in [2.75, 3.05) is 14.2 Å². The fourth-order valence-corrected chi connectivity index (χ4v) is 3.14. The Morgan fingerprint density at radius 1 is 0.828 bits per heavy atom. The van der Waals surface area contributed by atoms with Crippen LogP contribution in [0.15, 0.2) is 60.7 Å². The first-order chi connectivity index (χ1) is 14.1. The van der Waals surface area contributed by atoms with Crippen LogP contribution >= 0.6 is 11.6 Å². The Balaban J connectivity index is 1.57. The molecule has 152 valence electrons. The van der Waals surface area contributed by atoms with E-state index in [9.17, 15) is 4.39 Å². The van der Waals surface area contributed by atoms with Crippen LogP contribution in [0.1, 0.15) is 16.7 Å². The zero-order valence-corrected chi connectivity index (χ0v) is 17.2. The standard InChI is InChI=1S/C23H23ClFNO3/c1-27-20-8-3-16(4-9-20)13-26-14-17-5-10-22(23(11-17)28-2)29-15-18-6-7-19(25)12-21(18)24/h3-12,26H,13-15H2,1-2H3/p+1. The van der Waals surface area contributed by atoms with Crippen molar-refractivity contribution in [3.63, 3.8) is 0 Å². The largest absolute Gasteiger partial charge is 0.497 e. The van der Waals surface area contributed by atoms with Gasteiger partial charge in [0.15, 0.2) is 11.5 Å². The third-order valence-corrected chi connectivity index (χ3v) is 4.90. The van der Waals surface area contributed by atoms with E-state index in [1.165, 1.54) is 17.7 Å². The summed E-state index contributed by atoms with van der Waals surface area (Å²) in [6, 6.07) is 18.2. The molecule has 0 aromatic heterocycles. The van der Waals surface area contributed by atoms with E-state index in [1.54, 1.807) is 20.3 Å². The SMILES string of the molecule is COc1ccc(C[NH2+]Cc2ccc(OCc3ccc(F)cc3Cl)c(OC)c2)cc1. The van der Waals surface area contributed by atoms with Gasteiger partial charge in [0, 0.05) is 16.7 Å². The van der Waals surface area contributed by atoms with Crippen molar-refractivity contribution in [3.8, 4) is 17.2 Å². The molecule has 3 aromatic carbocycles. The molecule has 0 aliphatic heterocycles. The van der Waals surface area contributed by atoms with Gasteiger partial charge in [0.05, 0.1) is 19.2 Å². The summed E-state index contributed by atoms with van der Waals surface area (Å²) in [5.41, 5.74) is 3.07. The summed E-state index contributed by atoms with van der Waals surface area (Å²) in [5.74, 6) is 1.76. The molecule has 0 amide bonds. The second-order valence-corrected chi connectivity index (χ2v) is 6.96. The highest BCUT2D eigenvalue weighted by atomic mass is 35.5. The van der Waals surface area contributed by atoms with Gasteiger partial charge in [-0.3, -0.25) is 0 Å². The van der Waals surface area contributed by atoms with Crippen molar-refractivity contribution in [2.45, 2.75) is 19.7 Å². The Labute approximate surface area is 175 Å². The van der Waals surface area contributed by atoms with Crippen LogP contribution in [0.4, 0.5) is 4.39 Å². The number of benzene rings is 3. The molecule has 2 N–H and O–H groups in total. The molecule has 3 aromatic rings. The van der Waals surface area contributed by atoms with E-state index >= 15 is 0 Å². The summed E-state index contributed by atoms with van der Waals surface area (Å²) in [4.78, 5) is 0. The van der Waals surface area contributed by atoms with Crippen LogP contribution in [0.3, 0.4) is 0 Å². The average molecular weight is 417 g/mol. The van der Waals surface area contributed by atoms with Crippen LogP contribution in [-0.4, -0.2) is 14.2 Å². The van der Waals surface area contributed by atoms with E-state index in [2.05, 4.69) is 17.4 Å². The molecule has 3 rings (SSSR count). The highest BCUT2D eigenvalue weighted by Crippen LogP contribution is 2.29. The van der Waals surface area contributed by atoms with E-state index in [1.807, 2.05) is 30.3 Å². The summed E-state index contributed by atoms with van der Waals surface area (Å²) in [7, 11) is 3.27. The lowest BCUT2D eigenvalue weighted by atomic mass is 10.1. The second-order valence-electron chi connectivity index (χ2n) is 6.55. The molecule has 0 spiro atoms. The molecule has 4 nitrogen and oxygen atoms in total. The van der Waals surface area contributed by atoms with E-state index in [4.69, 9.17) is 25.8 Å². The normalized spacial score (nSPS) is 10.6. The number of quaternary nitrogens is 1. The van der Waals surface area contributed by atoms with Gasteiger partial charge in [-0.05, 0) is 54.6 Å². The summed E-state index contributed by atoms with van der Waals surface area (Å²) >= 11 is 6.06. The van der Waals surface area contributed by atoms with Gasteiger partial charge >= 0.3 is 0 Å². The molecular weight excluding hydrogens is 393 g/mol. The Kier molecular flexibility index (Phi) is 7.33. The monoisotopic (exact) mass is 416 g/mol. The van der Waals surface area contributed by atoms with Crippen LogP contribution in [0.5, 0.6) is 17.2 Å². The molecule has 29 heavy (non-hydrogen) atoms. The topological polar surface area (TPSA) is 44.3 Å². The number of rotatable bonds is 9. The van der Waals surface area contributed by atoms with Gasteiger partial charge in [-0.2, -0.15) is 0 Å². The van der Waals surface area contributed by atoms with E-state index in [-0.39, 0.29) is 12.4 Å². The fourth-order valence-electron chi connectivity index (χ4n) is 2.92. The molecule has 0 unspecified atom stereocenters. The van der Waals surface area contributed by atoms with Crippen LogP contribution in [0, 0.1) is 5.82 Å². The highest BCUT2D eigenvalue weighted by Gasteiger charge is 2.09. The Hall–Kier alpha value is -2.76. The van der Waals surface area contributed by atoms with Gasteiger partial charge in [0.1, 0.15) is 31.3 Å². The predicted molar refractivity (Wildman–Crippen MR) is 111 cm³/mol. The quantitative estimate of drug-likeness (QED) is 0.564. The first-order valence-electron chi connectivity index (χ1n) is 9.27. The van der Waals surface area contributed by atoms with Gasteiger partial charge < -0.3 is 19.5 Å². The van der Waals surface area contributed by atoms with Crippen LogP contribution in [0.2, 0.25) is 5.02 Å². The second kappa shape index (κ2) is 10.1. The highest BCUT2D eigenvalue weighted by molar-refractivity contribution is 6.31. The molecule has 0 aliphatic carbocycles. The van der Waals surface area contributed by atoms with E-state index < -0.39 is 0 Å². The molecule has 0 saturated heterocycles. The van der Waals surface area contributed by atoms with Crippen molar-refractivity contribution >= 4 is 11.6 Å². The van der Waals surface area contributed by atoms with E-state index in [0.29, 0.717) is 22.1 Å². The van der Waals surface area contributed by atoms with Crippen LogP contribution < -0.4 is 19.5 Å². The lowest BCUT2D eigenvalue weighted by Crippen LogP contribution is -2.80. The number of methoxy groups -OCH3 is 2. The zero-order valence-electron chi connectivity index (χ0n) is 16.5. The zero-order chi connectivity index (χ0) is 20.6. The molecule has 6 heteroatoms. The summed E-state index contributed by atoms with van der Waals surface area (Å²) in [5, 5.41) is 2.56. The van der Waals surface area contributed by atoms with Crippen LogP contribution in [0.25, 0.3) is 0 Å². The summed E-state index contributed by atoms with van der Waals surface area (Å²) in [6.45, 7) is 1.92. The molecule has 0 atom stereocenters. The van der Waals surface area contributed by atoms with Crippen molar-refractivity contribution in [2.24, 2.45) is 0 Å². The average Bonchev–Trinajstić information content (AvgIpc) is 2.74. The molecular formula is C23H24ClFNO3+. The minimum Gasteiger partial charge on any atom is -0.497 e. The number of nitrogens with two attached hydrogens (primary N) is 1. The third-order valence-electron chi connectivity index (χ3n) is 4.55. The smallest absolute Gasteiger partial charge is 0.161 e. The predicted octanol–water partition coefficient (Wildman–Crippen LogP) is 4.34. The third kappa shape index (κ3) is 5.86. The maximum atomic E-state index is 13.2. The lowest BCUT2D eigenvalue weighted by Gasteiger charge is -2.13. The van der Waals surface area contributed by atoms with E-state index in [0.717, 1.165) is 24.4 Å². The van der Waals surface area contributed by atoms with Crippen LogP contribution in [-0.2, 0) is 19.7 Å². The number of ether oxygens (including phenoxy) is 3. The minimum absolute atomic E-state index is 0.235. The summed E-state index contributed by atoms with van der Waals surface area (Å²) in [6.07, 6.45) is 0. The maximum Gasteiger partial charge on any atom is 0.161 e. The van der Waals surface area contributed by atoms with Gasteiger partial charge in [-0.25, -0.2) is 4.39 Å². The summed E-state index contributed by atoms with van der Waals surface area (Å²) < 4.78 is 29.6. The Morgan fingerprint density at radius 3 is 2.24 bits per heavy atom. The Bertz CT molecular complexity index is 947. The van der Waals surface area contributed by atoms with Gasteiger partial charge in [0.2, 0.25) is 0 Å². The first-order valence-corrected chi connectivity index (χ1v) is 9.65. The van der Waals surface area contributed by atoms with Gasteiger partial charge in [0.25, 0.3) is 0 Å². The number of halogens is 2. The fraction of sp³-hybridized carbons (Fsp3) is 0.217. The molecule has 0 bridgehead atoms. The first kappa shape index (κ1) is 21.0. The van der Waals surface area contributed by atoms with Crippen molar-refractivity contribution < 1.29 is 23.9 Å². The van der Waals surface area contributed by atoms with Crippen molar-refractivity contribution in [3.05, 3.63) is 88.2 Å². The van der Waals surface area contributed by atoms with Gasteiger partial charge in [-0.15, -0.1) is 0 Å². The molecule has 0 fully saturated rings. The number of hydrogen-bond donors (Lipinski definition) is 1. The van der Waals surface area contributed by atoms with Crippen molar-refractivity contribution in [1.82, 2.24) is 0 Å². The Morgan fingerprint density at radius 2 is 1.55 bits per heavy atom. The molecule has 0 heterocycles. The molecule has 0 radical (unpaired) electrons. The van der Waals surface area contributed by atoms with Crippen molar-refractivity contribution in [1.29, 1.82) is 0 Å². The number of hydrogen-bond acceptors (Lipinski definition) is 3. The molecule has 0 saturated carbocycles.